The minimum Gasteiger partial charge on any atom is -0.411 e. The van der Waals surface area contributed by atoms with Crippen LogP contribution in [-0.4, -0.2) is 11.0 Å². The van der Waals surface area contributed by atoms with Crippen LogP contribution in [0.2, 0.25) is 5.02 Å². The Morgan fingerprint density at radius 2 is 2.00 bits per heavy atom. The van der Waals surface area contributed by atoms with Gasteiger partial charge in [0.1, 0.15) is 0 Å². The highest BCUT2D eigenvalue weighted by atomic mass is 35.5. The largest absolute Gasteiger partial charge is 0.411 e. The molecule has 0 radical (unpaired) electrons. The highest BCUT2D eigenvalue weighted by Crippen LogP contribution is 2.35. The molecule has 1 aromatic carbocycles. The molecule has 94 valence electrons. The molecular formula is C14H14ClNO2. The second kappa shape index (κ2) is 5.27. The van der Waals surface area contributed by atoms with Crippen molar-refractivity contribution < 1.29 is 9.53 Å². The second-order valence-corrected chi connectivity index (χ2v) is 4.44. The maximum Gasteiger partial charge on any atom is 0.299 e. The number of aryl methyl sites for hydroxylation is 2. The van der Waals surface area contributed by atoms with E-state index in [2.05, 4.69) is 0 Å². The van der Waals surface area contributed by atoms with Gasteiger partial charge in [0.05, 0.1) is 0 Å². The summed E-state index contributed by atoms with van der Waals surface area (Å²) >= 11 is 5.88. The van der Waals surface area contributed by atoms with Crippen molar-refractivity contribution in [2.24, 2.45) is 0 Å². The van der Waals surface area contributed by atoms with Crippen molar-refractivity contribution in [2.75, 3.05) is 0 Å². The van der Waals surface area contributed by atoms with Gasteiger partial charge in [-0.2, -0.15) is 0 Å². The minimum absolute atomic E-state index is 0.459. The Kier molecular flexibility index (Phi) is 3.72. The number of halogens is 1. The van der Waals surface area contributed by atoms with Gasteiger partial charge in [-0.3, -0.25) is 4.79 Å². The zero-order valence-electron chi connectivity index (χ0n) is 10.3. The molecule has 0 N–H and O–H groups in total. The molecular weight excluding hydrogens is 250 g/mol. The third-order valence-corrected chi connectivity index (χ3v) is 3.10. The van der Waals surface area contributed by atoms with Crippen molar-refractivity contribution >= 4 is 18.1 Å². The van der Waals surface area contributed by atoms with Gasteiger partial charge in [-0.25, -0.2) is 0 Å². The van der Waals surface area contributed by atoms with E-state index in [1.165, 1.54) is 0 Å². The van der Waals surface area contributed by atoms with Gasteiger partial charge in [0, 0.05) is 23.3 Å². The molecule has 0 aliphatic rings. The number of ether oxygens (including phenoxy) is 1. The number of hydrogen-bond acceptors (Lipinski definition) is 2. The average molecular weight is 264 g/mol. The van der Waals surface area contributed by atoms with E-state index in [-0.39, 0.29) is 0 Å². The van der Waals surface area contributed by atoms with E-state index in [1.54, 1.807) is 0 Å². The van der Waals surface area contributed by atoms with E-state index in [4.69, 9.17) is 16.3 Å². The predicted octanol–water partition coefficient (Wildman–Crippen LogP) is 3.67. The van der Waals surface area contributed by atoms with Crippen molar-refractivity contribution in [3.8, 4) is 17.0 Å². The third-order valence-electron chi connectivity index (χ3n) is 2.85. The SMILES string of the molecule is CCn1cc(C)c(-c2ccc(Cl)cc2)c1OC=O. The first kappa shape index (κ1) is 12.7. The first-order chi connectivity index (χ1) is 8.67. The summed E-state index contributed by atoms with van der Waals surface area (Å²) in [7, 11) is 0. The van der Waals surface area contributed by atoms with E-state index in [1.807, 2.05) is 48.9 Å². The van der Waals surface area contributed by atoms with Gasteiger partial charge in [-0.15, -0.1) is 0 Å². The quantitative estimate of drug-likeness (QED) is 0.788. The first-order valence-electron chi connectivity index (χ1n) is 5.73. The zero-order chi connectivity index (χ0) is 13.1. The molecule has 3 nitrogen and oxygen atoms in total. The van der Waals surface area contributed by atoms with Crippen molar-refractivity contribution in [3.05, 3.63) is 41.0 Å². The van der Waals surface area contributed by atoms with Crippen LogP contribution in [0.4, 0.5) is 0 Å². The first-order valence-corrected chi connectivity index (χ1v) is 6.11. The molecule has 18 heavy (non-hydrogen) atoms. The van der Waals surface area contributed by atoms with Crippen LogP contribution in [0.25, 0.3) is 11.1 Å². The molecule has 0 saturated heterocycles. The molecule has 0 bridgehead atoms. The normalized spacial score (nSPS) is 10.4. The molecule has 0 unspecified atom stereocenters. The summed E-state index contributed by atoms with van der Waals surface area (Å²) in [6.07, 6.45) is 1.97. The van der Waals surface area contributed by atoms with E-state index in [0.29, 0.717) is 17.4 Å². The summed E-state index contributed by atoms with van der Waals surface area (Å²) in [5, 5.41) is 0.684. The molecule has 0 aliphatic carbocycles. The van der Waals surface area contributed by atoms with Gasteiger partial charge < -0.3 is 9.30 Å². The van der Waals surface area contributed by atoms with Gasteiger partial charge in [-0.1, -0.05) is 23.7 Å². The van der Waals surface area contributed by atoms with Crippen molar-refractivity contribution in [2.45, 2.75) is 20.4 Å². The monoisotopic (exact) mass is 263 g/mol. The van der Waals surface area contributed by atoms with E-state index >= 15 is 0 Å². The summed E-state index contributed by atoms with van der Waals surface area (Å²) in [4.78, 5) is 10.6. The number of nitrogens with zero attached hydrogens (tertiary/aromatic N) is 1. The van der Waals surface area contributed by atoms with Crippen LogP contribution in [0, 0.1) is 6.92 Å². The Morgan fingerprint density at radius 3 is 2.56 bits per heavy atom. The van der Waals surface area contributed by atoms with Gasteiger partial charge in [0.25, 0.3) is 6.47 Å². The molecule has 0 fully saturated rings. The summed E-state index contributed by atoms with van der Waals surface area (Å²) in [6, 6.07) is 7.49. The van der Waals surface area contributed by atoms with Gasteiger partial charge in [0.2, 0.25) is 5.88 Å². The fourth-order valence-electron chi connectivity index (χ4n) is 2.04. The van der Waals surface area contributed by atoms with Crippen molar-refractivity contribution in [1.29, 1.82) is 0 Å². The molecule has 0 aliphatic heterocycles. The molecule has 1 heterocycles. The molecule has 0 saturated carbocycles. The van der Waals surface area contributed by atoms with Crippen LogP contribution < -0.4 is 4.74 Å². The fourth-order valence-corrected chi connectivity index (χ4v) is 2.17. The summed E-state index contributed by atoms with van der Waals surface area (Å²) in [6.45, 7) is 5.20. The van der Waals surface area contributed by atoms with Gasteiger partial charge in [-0.05, 0) is 37.1 Å². The number of carbonyl (C=O) groups excluding carboxylic acids is 1. The highest BCUT2D eigenvalue weighted by Gasteiger charge is 2.15. The third kappa shape index (κ3) is 2.27. The molecule has 0 atom stereocenters. The van der Waals surface area contributed by atoms with Crippen LogP contribution >= 0.6 is 11.6 Å². The summed E-state index contributed by atoms with van der Waals surface area (Å²) in [5.74, 6) is 0.576. The molecule has 2 rings (SSSR count). The standard InChI is InChI=1S/C14H14ClNO2/c1-3-16-8-10(2)13(14(16)18-9-17)11-4-6-12(15)7-5-11/h4-9H,3H2,1-2H3. The van der Waals surface area contributed by atoms with Crippen LogP contribution in [0.5, 0.6) is 5.88 Å². The number of rotatable bonds is 4. The van der Waals surface area contributed by atoms with Crippen molar-refractivity contribution in [1.82, 2.24) is 4.57 Å². The fraction of sp³-hybridized carbons (Fsp3) is 0.214. The van der Waals surface area contributed by atoms with Gasteiger partial charge in [0.15, 0.2) is 0 Å². The van der Waals surface area contributed by atoms with Crippen LogP contribution in [0.3, 0.4) is 0 Å². The van der Waals surface area contributed by atoms with Crippen LogP contribution in [-0.2, 0) is 11.3 Å². The Balaban J connectivity index is 2.58. The van der Waals surface area contributed by atoms with E-state index in [9.17, 15) is 4.79 Å². The lowest BCUT2D eigenvalue weighted by molar-refractivity contribution is -0.121. The number of aromatic nitrogens is 1. The van der Waals surface area contributed by atoms with Crippen LogP contribution in [0.15, 0.2) is 30.5 Å². The van der Waals surface area contributed by atoms with Crippen LogP contribution in [0.1, 0.15) is 12.5 Å². The number of carbonyl (C=O) groups is 1. The smallest absolute Gasteiger partial charge is 0.299 e. The molecule has 0 amide bonds. The second-order valence-electron chi connectivity index (χ2n) is 4.00. The molecule has 4 heteroatoms. The summed E-state index contributed by atoms with van der Waals surface area (Å²) in [5.41, 5.74) is 2.98. The Hall–Kier alpha value is -1.74. The Bertz CT molecular complexity index is 558. The van der Waals surface area contributed by atoms with E-state index in [0.717, 1.165) is 23.2 Å². The average Bonchev–Trinajstić information content (AvgIpc) is 2.68. The number of benzene rings is 1. The van der Waals surface area contributed by atoms with Crippen molar-refractivity contribution in [3.63, 3.8) is 0 Å². The van der Waals surface area contributed by atoms with Gasteiger partial charge >= 0.3 is 0 Å². The maximum absolute atomic E-state index is 10.6. The lowest BCUT2D eigenvalue weighted by Gasteiger charge is -2.07. The maximum atomic E-state index is 10.6. The molecule has 1 aromatic heterocycles. The zero-order valence-corrected chi connectivity index (χ0v) is 11.1. The lowest BCUT2D eigenvalue weighted by Crippen LogP contribution is -1.99. The minimum atomic E-state index is 0.459. The number of hydrogen-bond donors (Lipinski definition) is 0. The predicted molar refractivity (Wildman–Crippen MR) is 72.0 cm³/mol. The molecule has 2 aromatic rings. The van der Waals surface area contributed by atoms with E-state index < -0.39 is 0 Å². The molecule has 0 spiro atoms. The summed E-state index contributed by atoms with van der Waals surface area (Å²) < 4.78 is 7.02. The topological polar surface area (TPSA) is 31.2 Å². The lowest BCUT2D eigenvalue weighted by atomic mass is 10.1. The Morgan fingerprint density at radius 1 is 1.33 bits per heavy atom. The Labute approximate surface area is 111 Å². The highest BCUT2D eigenvalue weighted by molar-refractivity contribution is 6.30.